The van der Waals surface area contributed by atoms with Gasteiger partial charge in [0.2, 0.25) is 5.91 Å². The average molecular weight is 435 g/mol. The van der Waals surface area contributed by atoms with Gasteiger partial charge in [-0.15, -0.1) is 0 Å². The summed E-state index contributed by atoms with van der Waals surface area (Å²) in [6, 6.07) is 7.51. The summed E-state index contributed by atoms with van der Waals surface area (Å²) in [4.78, 5) is 31.5. The second-order valence-electron chi connectivity index (χ2n) is 8.74. The number of anilines is 3. The molecule has 3 aliphatic rings. The molecule has 10 nitrogen and oxygen atoms in total. The molecule has 4 heterocycles. The molecule has 0 unspecified atom stereocenters. The number of nitrogens with zero attached hydrogens (tertiary/aromatic N) is 5. The molecule has 2 aromatic heterocycles. The minimum absolute atomic E-state index is 0.117. The van der Waals surface area contributed by atoms with Crippen LogP contribution in [0.25, 0.3) is 0 Å². The normalized spacial score (nSPS) is 23.0. The van der Waals surface area contributed by atoms with E-state index in [4.69, 9.17) is 4.74 Å². The summed E-state index contributed by atoms with van der Waals surface area (Å²) >= 11 is 0. The van der Waals surface area contributed by atoms with Gasteiger partial charge < -0.3 is 20.3 Å². The smallest absolute Gasteiger partial charge is 0.269 e. The predicted molar refractivity (Wildman–Crippen MR) is 115 cm³/mol. The van der Waals surface area contributed by atoms with E-state index in [2.05, 4.69) is 26.8 Å². The number of aromatic nitrogens is 3. The number of hydrogen-bond acceptors (Lipinski definition) is 7. The molecule has 1 saturated carbocycles. The zero-order valence-electron chi connectivity index (χ0n) is 17.9. The minimum atomic E-state index is -0.883. The Hall–Kier alpha value is -3.45. The molecule has 10 heteroatoms. The van der Waals surface area contributed by atoms with Gasteiger partial charge in [0, 0.05) is 50.1 Å². The van der Waals surface area contributed by atoms with Crippen LogP contribution >= 0.6 is 0 Å². The van der Waals surface area contributed by atoms with E-state index in [1.807, 2.05) is 0 Å². The highest BCUT2D eigenvalue weighted by atomic mass is 16.5. The number of rotatable bonds is 7. The van der Waals surface area contributed by atoms with Gasteiger partial charge >= 0.3 is 0 Å². The third kappa shape index (κ3) is 3.58. The van der Waals surface area contributed by atoms with Gasteiger partial charge in [0.05, 0.1) is 19.3 Å². The molecule has 166 valence electrons. The van der Waals surface area contributed by atoms with Crippen LogP contribution in [0.5, 0.6) is 0 Å². The molecule has 5 rings (SSSR count). The topological polar surface area (TPSA) is 125 Å². The molecule has 3 fully saturated rings. The standard InChI is InChI=1S/C22H25N7O3/c1-28-17(20(30)25-10-14-11-32-12-14)9-19(27-28)26-18-8-16(4-6-24-18)29-7-5-22(13-23,21(29)31)15-2-3-15/h4,6,8-9,14-15H,2-3,5,7,10-12H2,1H3,(H,25,30)(H,24,26,27)/t22-/m1/s1. The van der Waals surface area contributed by atoms with E-state index in [1.165, 1.54) is 4.68 Å². The molecule has 2 aromatic rings. The number of amides is 2. The molecular weight excluding hydrogens is 410 g/mol. The van der Waals surface area contributed by atoms with Crippen molar-refractivity contribution in [3.05, 3.63) is 30.1 Å². The van der Waals surface area contributed by atoms with Gasteiger partial charge in [-0.3, -0.25) is 14.3 Å². The first-order valence-corrected chi connectivity index (χ1v) is 10.9. The van der Waals surface area contributed by atoms with Crippen molar-refractivity contribution >= 4 is 29.1 Å². The summed E-state index contributed by atoms with van der Waals surface area (Å²) in [6.45, 7) is 2.45. The van der Waals surface area contributed by atoms with Gasteiger partial charge in [0.1, 0.15) is 16.9 Å². The molecule has 0 radical (unpaired) electrons. The Balaban J connectivity index is 1.28. The summed E-state index contributed by atoms with van der Waals surface area (Å²) in [5.74, 6) is 1.22. The Bertz CT molecular complexity index is 1100. The number of ether oxygens (including phenoxy) is 1. The first kappa shape index (κ1) is 20.5. The zero-order chi connectivity index (χ0) is 22.3. The Morgan fingerprint density at radius 2 is 2.16 bits per heavy atom. The molecule has 1 aliphatic carbocycles. The van der Waals surface area contributed by atoms with Crippen LogP contribution in [-0.4, -0.2) is 52.9 Å². The van der Waals surface area contributed by atoms with Crippen LogP contribution in [0, 0.1) is 28.6 Å². The maximum atomic E-state index is 13.1. The van der Waals surface area contributed by atoms with E-state index < -0.39 is 5.41 Å². The van der Waals surface area contributed by atoms with Crippen LogP contribution in [0.4, 0.5) is 17.3 Å². The summed E-state index contributed by atoms with van der Waals surface area (Å²) in [5, 5.41) is 20.1. The monoisotopic (exact) mass is 435 g/mol. The molecule has 0 spiro atoms. The van der Waals surface area contributed by atoms with Crippen molar-refractivity contribution in [1.29, 1.82) is 5.26 Å². The van der Waals surface area contributed by atoms with Crippen LogP contribution in [0.15, 0.2) is 24.4 Å². The van der Waals surface area contributed by atoms with Crippen molar-refractivity contribution < 1.29 is 14.3 Å². The number of carbonyl (C=O) groups excluding carboxylic acids is 2. The Morgan fingerprint density at radius 1 is 1.34 bits per heavy atom. The van der Waals surface area contributed by atoms with Gasteiger partial charge in [-0.05, 0) is 31.2 Å². The second-order valence-corrected chi connectivity index (χ2v) is 8.74. The summed E-state index contributed by atoms with van der Waals surface area (Å²) < 4.78 is 6.64. The first-order valence-electron chi connectivity index (χ1n) is 10.9. The van der Waals surface area contributed by atoms with E-state index in [-0.39, 0.29) is 17.7 Å². The van der Waals surface area contributed by atoms with Gasteiger partial charge in [0.15, 0.2) is 5.82 Å². The third-order valence-electron chi connectivity index (χ3n) is 6.51. The molecular formula is C22H25N7O3. The fourth-order valence-electron chi connectivity index (χ4n) is 4.39. The van der Waals surface area contributed by atoms with Gasteiger partial charge in [-0.2, -0.15) is 10.4 Å². The maximum absolute atomic E-state index is 13.1. The van der Waals surface area contributed by atoms with Crippen LogP contribution in [0.2, 0.25) is 0 Å². The van der Waals surface area contributed by atoms with Gasteiger partial charge in [-0.1, -0.05) is 0 Å². The zero-order valence-corrected chi connectivity index (χ0v) is 17.9. The first-order chi connectivity index (χ1) is 15.5. The van der Waals surface area contributed by atoms with Crippen molar-refractivity contribution in [3.63, 3.8) is 0 Å². The molecule has 0 bridgehead atoms. The molecule has 2 N–H and O–H groups in total. The van der Waals surface area contributed by atoms with Crippen LogP contribution in [-0.2, 0) is 16.6 Å². The number of hydrogen-bond donors (Lipinski definition) is 2. The maximum Gasteiger partial charge on any atom is 0.269 e. The molecule has 1 atom stereocenters. The number of carbonyl (C=O) groups is 2. The molecule has 2 saturated heterocycles. The Kier molecular flexibility index (Phi) is 5.06. The van der Waals surface area contributed by atoms with Crippen molar-refractivity contribution in [2.75, 3.05) is 36.5 Å². The van der Waals surface area contributed by atoms with Gasteiger partial charge in [0.25, 0.3) is 5.91 Å². The largest absolute Gasteiger partial charge is 0.381 e. The lowest BCUT2D eigenvalue weighted by atomic mass is 9.83. The molecule has 32 heavy (non-hydrogen) atoms. The van der Waals surface area contributed by atoms with E-state index in [0.29, 0.717) is 61.7 Å². The summed E-state index contributed by atoms with van der Waals surface area (Å²) in [7, 11) is 1.71. The lowest BCUT2D eigenvalue weighted by Gasteiger charge is -2.25. The highest BCUT2D eigenvalue weighted by Crippen LogP contribution is 2.51. The number of aryl methyl sites for hydroxylation is 1. The molecule has 0 aromatic carbocycles. The fraction of sp³-hybridized carbons (Fsp3) is 0.500. The van der Waals surface area contributed by atoms with E-state index in [9.17, 15) is 14.9 Å². The van der Waals surface area contributed by atoms with Crippen molar-refractivity contribution in [1.82, 2.24) is 20.1 Å². The minimum Gasteiger partial charge on any atom is -0.381 e. The number of nitriles is 1. The quantitative estimate of drug-likeness (QED) is 0.676. The lowest BCUT2D eigenvalue weighted by Crippen LogP contribution is -2.39. The van der Waals surface area contributed by atoms with Crippen LogP contribution in [0.1, 0.15) is 29.8 Å². The fourth-order valence-corrected chi connectivity index (χ4v) is 4.39. The second kappa shape index (κ2) is 7.91. The molecule has 2 amide bonds. The van der Waals surface area contributed by atoms with Gasteiger partial charge in [-0.25, -0.2) is 4.98 Å². The van der Waals surface area contributed by atoms with Crippen LogP contribution in [0.3, 0.4) is 0 Å². The number of pyridine rings is 1. The Morgan fingerprint density at radius 3 is 2.84 bits per heavy atom. The summed E-state index contributed by atoms with van der Waals surface area (Å²) in [5.41, 5.74) is 0.245. The van der Waals surface area contributed by atoms with Crippen LogP contribution < -0.4 is 15.5 Å². The molecule has 2 aliphatic heterocycles. The predicted octanol–water partition coefficient (Wildman–Crippen LogP) is 1.59. The lowest BCUT2D eigenvalue weighted by molar-refractivity contribution is -0.123. The van der Waals surface area contributed by atoms with Crippen molar-refractivity contribution in [2.24, 2.45) is 24.3 Å². The SMILES string of the molecule is Cn1nc(Nc2cc(N3CC[C@@](C#N)(C4CC4)C3=O)ccn2)cc1C(=O)NCC1COC1. The highest BCUT2D eigenvalue weighted by Gasteiger charge is 2.56. The highest BCUT2D eigenvalue weighted by molar-refractivity contribution is 6.02. The van der Waals surface area contributed by atoms with E-state index in [1.54, 1.807) is 36.3 Å². The average Bonchev–Trinajstić information content (AvgIpc) is 3.46. The third-order valence-corrected chi connectivity index (χ3v) is 6.51. The van der Waals surface area contributed by atoms with Crippen molar-refractivity contribution in [3.8, 4) is 6.07 Å². The Labute approximate surface area is 185 Å². The van der Waals surface area contributed by atoms with Crippen molar-refractivity contribution in [2.45, 2.75) is 19.3 Å². The van der Waals surface area contributed by atoms with E-state index in [0.717, 1.165) is 12.8 Å². The summed E-state index contributed by atoms with van der Waals surface area (Å²) in [6.07, 6.45) is 4.07. The number of nitrogens with one attached hydrogen (secondary N) is 2. The van der Waals surface area contributed by atoms with E-state index >= 15 is 0 Å².